The highest BCUT2D eigenvalue weighted by molar-refractivity contribution is 5.85. The standard InChI is InChI=1S/C17H16N6/c1-10-7-11(2)9-12(8-10)19-15-16-21-22-17(18)23(16)14-6-4-3-5-13(14)20-15/h3-9H,1-2H3,(H2,18,22)(H,19,20). The van der Waals surface area contributed by atoms with Gasteiger partial charge in [0.2, 0.25) is 11.6 Å². The number of nitrogens with two attached hydrogens (primary N) is 1. The Balaban J connectivity index is 1.95. The normalized spacial score (nSPS) is 11.2. The molecular formula is C17H16N6. The fourth-order valence-corrected chi connectivity index (χ4v) is 2.87. The van der Waals surface area contributed by atoms with Gasteiger partial charge in [0.05, 0.1) is 11.0 Å². The molecule has 6 nitrogen and oxygen atoms in total. The SMILES string of the molecule is Cc1cc(C)cc(Nc2nc3ccccc3n3c(N)nnc23)c1. The maximum absolute atomic E-state index is 5.99. The molecule has 0 aliphatic carbocycles. The lowest BCUT2D eigenvalue weighted by molar-refractivity contribution is 1.12. The van der Waals surface area contributed by atoms with E-state index < -0.39 is 0 Å². The van der Waals surface area contributed by atoms with E-state index >= 15 is 0 Å². The Labute approximate surface area is 133 Å². The summed E-state index contributed by atoms with van der Waals surface area (Å²) in [4.78, 5) is 4.68. The molecule has 4 rings (SSSR count). The summed E-state index contributed by atoms with van der Waals surface area (Å²) in [5, 5.41) is 11.5. The van der Waals surface area contributed by atoms with E-state index in [2.05, 4.69) is 52.5 Å². The third kappa shape index (κ3) is 2.24. The van der Waals surface area contributed by atoms with Crippen LogP contribution in [-0.4, -0.2) is 19.6 Å². The maximum atomic E-state index is 5.99. The Morgan fingerprint density at radius 1 is 1.00 bits per heavy atom. The number of hydrogen-bond donors (Lipinski definition) is 2. The first-order valence-corrected chi connectivity index (χ1v) is 7.36. The van der Waals surface area contributed by atoms with Gasteiger partial charge < -0.3 is 11.1 Å². The Morgan fingerprint density at radius 2 is 1.74 bits per heavy atom. The van der Waals surface area contributed by atoms with E-state index in [9.17, 15) is 0 Å². The van der Waals surface area contributed by atoms with Gasteiger partial charge >= 0.3 is 0 Å². The number of rotatable bonds is 2. The van der Waals surface area contributed by atoms with Crippen molar-refractivity contribution in [1.29, 1.82) is 0 Å². The van der Waals surface area contributed by atoms with E-state index in [1.54, 1.807) is 0 Å². The third-order valence-electron chi connectivity index (χ3n) is 3.74. The predicted molar refractivity (Wildman–Crippen MR) is 91.9 cm³/mol. The van der Waals surface area contributed by atoms with Crippen LogP contribution in [0.4, 0.5) is 17.5 Å². The maximum Gasteiger partial charge on any atom is 0.227 e. The van der Waals surface area contributed by atoms with Crippen LogP contribution in [0.2, 0.25) is 0 Å². The van der Waals surface area contributed by atoms with Gasteiger partial charge in [-0.15, -0.1) is 10.2 Å². The average Bonchev–Trinajstić information content (AvgIpc) is 2.89. The molecule has 0 unspecified atom stereocenters. The number of nitrogens with zero attached hydrogens (tertiary/aromatic N) is 4. The minimum Gasteiger partial charge on any atom is -0.368 e. The van der Waals surface area contributed by atoms with Crippen LogP contribution in [0.5, 0.6) is 0 Å². The van der Waals surface area contributed by atoms with Crippen LogP contribution in [0.3, 0.4) is 0 Å². The zero-order valence-corrected chi connectivity index (χ0v) is 12.9. The Kier molecular flexibility index (Phi) is 2.90. The van der Waals surface area contributed by atoms with Gasteiger partial charge in [0.15, 0.2) is 5.82 Å². The van der Waals surface area contributed by atoms with Gasteiger partial charge in [-0.3, -0.25) is 4.40 Å². The number of fused-ring (bicyclic) bond motifs is 3. The first-order chi connectivity index (χ1) is 11.1. The zero-order valence-electron chi connectivity index (χ0n) is 12.9. The second kappa shape index (κ2) is 4.95. The zero-order chi connectivity index (χ0) is 16.0. The van der Waals surface area contributed by atoms with Crippen LogP contribution in [0.15, 0.2) is 42.5 Å². The molecule has 0 amide bonds. The summed E-state index contributed by atoms with van der Waals surface area (Å²) in [5.41, 5.74) is 11.7. The molecule has 6 heteroatoms. The fraction of sp³-hybridized carbons (Fsp3) is 0.118. The summed E-state index contributed by atoms with van der Waals surface area (Å²) < 4.78 is 1.81. The van der Waals surface area contributed by atoms with Crippen LogP contribution >= 0.6 is 0 Å². The van der Waals surface area contributed by atoms with Gasteiger partial charge in [0.25, 0.3) is 0 Å². The van der Waals surface area contributed by atoms with Crippen molar-refractivity contribution in [3.8, 4) is 0 Å². The molecule has 0 radical (unpaired) electrons. The van der Waals surface area contributed by atoms with E-state index in [-0.39, 0.29) is 0 Å². The molecule has 0 fully saturated rings. The van der Waals surface area contributed by atoms with Crippen molar-refractivity contribution in [2.75, 3.05) is 11.1 Å². The van der Waals surface area contributed by atoms with Crippen molar-refractivity contribution in [1.82, 2.24) is 19.6 Å². The van der Waals surface area contributed by atoms with Crippen molar-refractivity contribution in [3.05, 3.63) is 53.6 Å². The van der Waals surface area contributed by atoms with Crippen molar-refractivity contribution >= 4 is 34.1 Å². The third-order valence-corrected chi connectivity index (χ3v) is 3.74. The number of nitrogen functional groups attached to an aromatic ring is 1. The van der Waals surface area contributed by atoms with Gasteiger partial charge in [-0.05, 0) is 49.2 Å². The number of benzene rings is 2. The molecule has 0 atom stereocenters. The number of aromatic nitrogens is 4. The van der Waals surface area contributed by atoms with Crippen molar-refractivity contribution in [2.24, 2.45) is 0 Å². The number of nitrogens with one attached hydrogen (secondary N) is 1. The largest absolute Gasteiger partial charge is 0.368 e. The summed E-state index contributed by atoms with van der Waals surface area (Å²) in [7, 11) is 0. The van der Waals surface area contributed by atoms with Gasteiger partial charge in [0.1, 0.15) is 0 Å². The van der Waals surface area contributed by atoms with Crippen LogP contribution in [-0.2, 0) is 0 Å². The molecule has 114 valence electrons. The molecule has 0 aliphatic heterocycles. The Hall–Kier alpha value is -3.15. The summed E-state index contributed by atoms with van der Waals surface area (Å²) in [5.74, 6) is 0.986. The van der Waals surface area contributed by atoms with Crippen LogP contribution in [0.25, 0.3) is 16.7 Å². The van der Waals surface area contributed by atoms with E-state index in [4.69, 9.17) is 5.73 Å². The Morgan fingerprint density at radius 3 is 2.52 bits per heavy atom. The average molecular weight is 304 g/mol. The molecular weight excluding hydrogens is 288 g/mol. The van der Waals surface area contributed by atoms with Crippen molar-refractivity contribution in [3.63, 3.8) is 0 Å². The highest BCUT2D eigenvalue weighted by Gasteiger charge is 2.13. The summed E-state index contributed by atoms with van der Waals surface area (Å²) in [6, 6.07) is 14.1. The second-order valence-corrected chi connectivity index (χ2v) is 5.67. The lowest BCUT2D eigenvalue weighted by Gasteiger charge is -2.10. The van der Waals surface area contributed by atoms with Crippen LogP contribution < -0.4 is 11.1 Å². The van der Waals surface area contributed by atoms with Gasteiger partial charge in [0, 0.05) is 5.69 Å². The molecule has 2 heterocycles. The monoisotopic (exact) mass is 304 g/mol. The molecule has 0 aliphatic rings. The summed E-state index contributed by atoms with van der Waals surface area (Å²) >= 11 is 0. The topological polar surface area (TPSA) is 81.1 Å². The van der Waals surface area contributed by atoms with Gasteiger partial charge in [-0.25, -0.2) is 4.98 Å². The van der Waals surface area contributed by atoms with Crippen molar-refractivity contribution < 1.29 is 0 Å². The Bertz CT molecular complexity index is 1010. The minimum absolute atomic E-state index is 0.349. The quantitative estimate of drug-likeness (QED) is 0.594. The lowest BCUT2D eigenvalue weighted by Crippen LogP contribution is -2.02. The lowest BCUT2D eigenvalue weighted by atomic mass is 10.1. The van der Waals surface area contributed by atoms with Crippen LogP contribution in [0.1, 0.15) is 11.1 Å². The molecule has 23 heavy (non-hydrogen) atoms. The summed E-state index contributed by atoms with van der Waals surface area (Å²) in [6.45, 7) is 4.13. The minimum atomic E-state index is 0.349. The molecule has 0 saturated heterocycles. The molecule has 0 saturated carbocycles. The molecule has 2 aromatic carbocycles. The number of hydrogen-bond acceptors (Lipinski definition) is 5. The predicted octanol–water partition coefficient (Wildman–Crippen LogP) is 3.22. The molecule has 3 N–H and O–H groups in total. The fourth-order valence-electron chi connectivity index (χ4n) is 2.87. The van der Waals surface area contributed by atoms with Crippen LogP contribution in [0, 0.1) is 13.8 Å². The van der Waals surface area contributed by atoms with E-state index in [0.29, 0.717) is 17.4 Å². The first kappa shape index (κ1) is 13.5. The smallest absolute Gasteiger partial charge is 0.227 e. The first-order valence-electron chi connectivity index (χ1n) is 7.36. The number of anilines is 3. The molecule has 2 aromatic heterocycles. The molecule has 0 spiro atoms. The number of aryl methyl sites for hydroxylation is 2. The highest BCUT2D eigenvalue weighted by atomic mass is 15.3. The van der Waals surface area contributed by atoms with E-state index in [1.807, 2.05) is 28.7 Å². The van der Waals surface area contributed by atoms with E-state index in [0.717, 1.165) is 16.7 Å². The second-order valence-electron chi connectivity index (χ2n) is 5.67. The van der Waals surface area contributed by atoms with Gasteiger partial charge in [-0.1, -0.05) is 18.2 Å². The van der Waals surface area contributed by atoms with Gasteiger partial charge in [-0.2, -0.15) is 0 Å². The highest BCUT2D eigenvalue weighted by Crippen LogP contribution is 2.25. The molecule has 0 bridgehead atoms. The molecule has 4 aromatic rings. The summed E-state index contributed by atoms with van der Waals surface area (Å²) in [6.07, 6.45) is 0. The van der Waals surface area contributed by atoms with Crippen molar-refractivity contribution in [2.45, 2.75) is 13.8 Å². The number of para-hydroxylation sites is 2. The van der Waals surface area contributed by atoms with E-state index in [1.165, 1.54) is 11.1 Å².